The van der Waals surface area contributed by atoms with Gasteiger partial charge in [0.25, 0.3) is 0 Å². The lowest BCUT2D eigenvalue weighted by Gasteiger charge is -2.33. The van der Waals surface area contributed by atoms with Gasteiger partial charge in [0.2, 0.25) is 0 Å². The Balaban J connectivity index is 0.000000999. The summed E-state index contributed by atoms with van der Waals surface area (Å²) in [5.41, 5.74) is 5.53. The van der Waals surface area contributed by atoms with Crippen LogP contribution in [0.2, 0.25) is 0 Å². The van der Waals surface area contributed by atoms with E-state index >= 15 is 0 Å². The van der Waals surface area contributed by atoms with Crippen molar-refractivity contribution in [2.75, 3.05) is 6.61 Å². The summed E-state index contributed by atoms with van der Waals surface area (Å²) in [5, 5.41) is 11.7. The van der Waals surface area contributed by atoms with E-state index in [1.54, 1.807) is 11.1 Å². The van der Waals surface area contributed by atoms with Gasteiger partial charge in [-0.15, -0.1) is 0 Å². The van der Waals surface area contributed by atoms with Gasteiger partial charge >= 0.3 is 0 Å². The summed E-state index contributed by atoms with van der Waals surface area (Å²) in [4.78, 5) is 8.35. The molecule has 2 atom stereocenters. The van der Waals surface area contributed by atoms with Crippen molar-refractivity contribution in [1.29, 1.82) is 0 Å². The normalized spacial score (nSPS) is 14.4. The van der Waals surface area contributed by atoms with Crippen molar-refractivity contribution in [3.05, 3.63) is 76.9 Å². The number of hydrazine groups is 1. The van der Waals surface area contributed by atoms with E-state index in [1.165, 1.54) is 5.56 Å². The van der Waals surface area contributed by atoms with Gasteiger partial charge in [-0.3, -0.25) is 9.98 Å². The minimum atomic E-state index is -0.183. The highest BCUT2D eigenvalue weighted by atomic mass is 16.3. The maximum absolute atomic E-state index is 10.0. The number of pyridine rings is 1. The Labute approximate surface area is 208 Å². The van der Waals surface area contributed by atoms with Gasteiger partial charge in [-0.05, 0) is 69.9 Å². The molecule has 1 rings (SSSR count). The Hall–Kier alpha value is -2.50. The molecule has 0 amide bonds. The number of rotatable bonds is 13. The summed E-state index contributed by atoms with van der Waals surface area (Å²) in [6, 6.07) is 4.32. The van der Waals surface area contributed by atoms with Gasteiger partial charge in [0.1, 0.15) is 0 Å². The first-order chi connectivity index (χ1) is 16.2. The second kappa shape index (κ2) is 17.9. The first kappa shape index (κ1) is 31.5. The zero-order valence-electron chi connectivity index (χ0n) is 22.6. The smallest absolute Gasteiger partial charge is 0.0926 e. The fraction of sp³-hybridized carbons (Fsp3) is 0.517. The van der Waals surface area contributed by atoms with Crippen LogP contribution < -0.4 is 5.84 Å². The van der Waals surface area contributed by atoms with Gasteiger partial charge in [-0.2, -0.15) is 0 Å². The van der Waals surface area contributed by atoms with E-state index in [-0.39, 0.29) is 12.6 Å². The molecule has 34 heavy (non-hydrogen) atoms. The molecule has 1 aromatic rings. The van der Waals surface area contributed by atoms with E-state index in [4.69, 9.17) is 5.84 Å². The van der Waals surface area contributed by atoms with E-state index < -0.39 is 0 Å². The summed E-state index contributed by atoms with van der Waals surface area (Å²) >= 11 is 0. The highest BCUT2D eigenvalue weighted by Crippen LogP contribution is 2.27. The minimum absolute atomic E-state index is 0.162. The predicted molar refractivity (Wildman–Crippen MR) is 149 cm³/mol. The van der Waals surface area contributed by atoms with Crippen LogP contribution in [0.25, 0.3) is 0 Å². The largest absolute Gasteiger partial charge is 0.390 e. The van der Waals surface area contributed by atoms with Crippen molar-refractivity contribution >= 4 is 6.72 Å². The molecule has 1 aromatic heterocycles. The zero-order chi connectivity index (χ0) is 26.1. The van der Waals surface area contributed by atoms with Crippen molar-refractivity contribution in [2.24, 2.45) is 16.8 Å². The summed E-state index contributed by atoms with van der Waals surface area (Å²) < 4.78 is 0. The molecule has 0 radical (unpaired) electrons. The van der Waals surface area contributed by atoms with Crippen molar-refractivity contribution < 1.29 is 5.11 Å². The first-order valence-electron chi connectivity index (χ1n) is 12.5. The number of aliphatic hydroxyl groups is 1. The average Bonchev–Trinajstić information content (AvgIpc) is 2.85. The van der Waals surface area contributed by atoms with Crippen LogP contribution in [0, 0.1) is 12.8 Å². The predicted octanol–water partition coefficient (Wildman–Crippen LogP) is 6.70. The van der Waals surface area contributed by atoms with E-state index in [2.05, 4.69) is 57.0 Å². The lowest BCUT2D eigenvalue weighted by molar-refractivity contribution is 0.173. The van der Waals surface area contributed by atoms with Gasteiger partial charge in [0.05, 0.1) is 18.0 Å². The summed E-state index contributed by atoms with van der Waals surface area (Å²) in [6.45, 7) is 22.0. The molecule has 3 N–H and O–H groups in total. The standard InChI is InChI=1S/C21H37N3O.C8H11N/c1-8-12-18(14-16(5)10-3)24(22)20(15-25)21(23-7)19(13-9-2)17(6)11-4;1-3-8-5-4-7(2)9-6-8/h9,11,13,16,18,25H,2,7-8,10,12,14-15,22H2,1,3-6H3;4-6H,3H2,1-2H3/b17-11-,19-13+,21-20-;. The number of aliphatic imine (C=N–C) groups is 1. The molecule has 0 spiro atoms. The number of nitrogens with two attached hydrogens (primary N) is 1. The Kier molecular flexibility index (Phi) is 16.6. The zero-order valence-corrected chi connectivity index (χ0v) is 22.6. The molecule has 5 nitrogen and oxygen atoms in total. The lowest BCUT2D eigenvalue weighted by Crippen LogP contribution is -2.43. The monoisotopic (exact) mass is 468 g/mol. The number of aromatic nitrogens is 1. The molecule has 2 unspecified atom stereocenters. The van der Waals surface area contributed by atoms with Crippen LogP contribution in [-0.2, 0) is 6.42 Å². The Morgan fingerprint density at radius 1 is 1.29 bits per heavy atom. The SMILES string of the molecule is C=C/C=C(C(\C)=C/C)/C(N=C)=C(\CO)N(N)C(CCC)CC(C)CC.CCc1ccc(C)nc1. The third kappa shape index (κ3) is 10.6. The highest BCUT2D eigenvalue weighted by molar-refractivity contribution is 5.51. The van der Waals surface area contributed by atoms with Crippen LogP contribution >= 0.6 is 0 Å². The molecule has 0 aromatic carbocycles. The Morgan fingerprint density at radius 2 is 1.97 bits per heavy atom. The molecule has 1 heterocycles. The molecule has 190 valence electrons. The molecule has 0 aliphatic heterocycles. The van der Waals surface area contributed by atoms with E-state index in [9.17, 15) is 5.11 Å². The quantitative estimate of drug-likeness (QED) is 0.146. The van der Waals surface area contributed by atoms with Gasteiger partial charge < -0.3 is 10.1 Å². The third-order valence-electron chi connectivity index (χ3n) is 6.06. The van der Waals surface area contributed by atoms with Crippen LogP contribution in [0.1, 0.15) is 78.5 Å². The molecule has 0 bridgehead atoms. The number of allylic oxidation sites excluding steroid dienone is 4. The van der Waals surface area contributed by atoms with Crippen LogP contribution in [0.5, 0.6) is 0 Å². The maximum Gasteiger partial charge on any atom is 0.0926 e. The van der Waals surface area contributed by atoms with Crippen molar-refractivity contribution in [2.45, 2.75) is 86.6 Å². The molecule has 0 saturated heterocycles. The fourth-order valence-corrected chi connectivity index (χ4v) is 3.54. The van der Waals surface area contributed by atoms with Crippen LogP contribution in [0.15, 0.2) is 70.7 Å². The van der Waals surface area contributed by atoms with Gasteiger partial charge in [-0.25, -0.2) is 5.84 Å². The van der Waals surface area contributed by atoms with E-state index in [0.717, 1.165) is 48.9 Å². The molecule has 0 saturated carbocycles. The number of hydrogen-bond acceptors (Lipinski definition) is 5. The molecular formula is C29H48N4O. The lowest BCUT2D eigenvalue weighted by atomic mass is 9.95. The number of aliphatic hydroxyl groups excluding tert-OH is 1. The second-order valence-corrected chi connectivity index (χ2v) is 8.66. The van der Waals surface area contributed by atoms with E-state index in [1.807, 2.05) is 45.2 Å². The number of nitrogens with zero attached hydrogens (tertiary/aromatic N) is 3. The minimum Gasteiger partial charge on any atom is -0.390 e. The van der Waals surface area contributed by atoms with Crippen LogP contribution in [0.4, 0.5) is 0 Å². The van der Waals surface area contributed by atoms with Crippen molar-refractivity contribution in [3.63, 3.8) is 0 Å². The molecule has 0 aliphatic carbocycles. The topological polar surface area (TPSA) is 74.7 Å². The highest BCUT2D eigenvalue weighted by Gasteiger charge is 2.23. The second-order valence-electron chi connectivity index (χ2n) is 8.66. The molecule has 0 fully saturated rings. The third-order valence-corrected chi connectivity index (χ3v) is 6.06. The number of aryl methyl sites for hydroxylation is 2. The number of hydrogen-bond donors (Lipinski definition) is 2. The summed E-state index contributed by atoms with van der Waals surface area (Å²) in [5.74, 6) is 7.04. The summed E-state index contributed by atoms with van der Waals surface area (Å²) in [7, 11) is 0. The van der Waals surface area contributed by atoms with Crippen LogP contribution in [-0.4, -0.2) is 34.5 Å². The molecule has 5 heteroatoms. The van der Waals surface area contributed by atoms with E-state index in [0.29, 0.717) is 17.3 Å². The van der Waals surface area contributed by atoms with Gasteiger partial charge in [-0.1, -0.05) is 71.4 Å². The van der Waals surface area contributed by atoms with Gasteiger partial charge in [0, 0.05) is 23.5 Å². The molecular weight excluding hydrogens is 420 g/mol. The summed E-state index contributed by atoms with van der Waals surface area (Å²) in [6.07, 6.45) is 12.7. The average molecular weight is 469 g/mol. The maximum atomic E-state index is 10.0. The Morgan fingerprint density at radius 3 is 2.38 bits per heavy atom. The first-order valence-corrected chi connectivity index (χ1v) is 12.5. The fourth-order valence-electron chi connectivity index (χ4n) is 3.54. The Bertz CT molecular complexity index is 821. The van der Waals surface area contributed by atoms with Crippen molar-refractivity contribution in [1.82, 2.24) is 9.99 Å². The van der Waals surface area contributed by atoms with Gasteiger partial charge in [0.15, 0.2) is 0 Å². The van der Waals surface area contributed by atoms with Crippen molar-refractivity contribution in [3.8, 4) is 0 Å². The van der Waals surface area contributed by atoms with Crippen LogP contribution in [0.3, 0.4) is 0 Å². The molecule has 0 aliphatic rings.